The second-order valence-corrected chi connectivity index (χ2v) is 11.3. The van der Waals surface area contributed by atoms with E-state index in [1.165, 1.54) is 11.1 Å². The van der Waals surface area contributed by atoms with Crippen LogP contribution in [0.1, 0.15) is 37.4 Å². The van der Waals surface area contributed by atoms with Crippen LogP contribution in [-0.4, -0.2) is 58.6 Å². The van der Waals surface area contributed by atoms with Gasteiger partial charge in [0, 0.05) is 39.4 Å². The van der Waals surface area contributed by atoms with Gasteiger partial charge in [0.15, 0.2) is 0 Å². The Kier molecular flexibility index (Phi) is 9.56. The molecule has 37 heavy (non-hydrogen) atoms. The van der Waals surface area contributed by atoms with Crippen LogP contribution in [-0.2, 0) is 4.79 Å². The highest BCUT2D eigenvalue weighted by Crippen LogP contribution is 2.41. The summed E-state index contributed by atoms with van der Waals surface area (Å²) in [7, 11) is 1.58. The number of likely N-dealkylation sites (tertiary alicyclic amines) is 1. The fourth-order valence-corrected chi connectivity index (χ4v) is 6.24. The van der Waals surface area contributed by atoms with E-state index in [-0.39, 0.29) is 0 Å². The van der Waals surface area contributed by atoms with E-state index < -0.39 is 17.4 Å². The number of fused-ring (bicyclic) bond motifs is 1. The lowest BCUT2D eigenvalue weighted by molar-refractivity contribution is -0.143. The Bertz CT molecular complexity index is 1220. The fraction of sp³-hybridized carbons (Fsp3) is 0.407. The highest BCUT2D eigenvalue weighted by Gasteiger charge is 2.41. The van der Waals surface area contributed by atoms with E-state index in [1.807, 2.05) is 47.9 Å². The summed E-state index contributed by atoms with van der Waals surface area (Å²) in [4.78, 5) is 20.7. The Morgan fingerprint density at radius 2 is 1.95 bits per heavy atom. The molecule has 0 saturated carbocycles. The first-order valence-electron chi connectivity index (χ1n) is 12.2. The van der Waals surface area contributed by atoms with Crippen LogP contribution in [0.4, 0.5) is 0 Å². The summed E-state index contributed by atoms with van der Waals surface area (Å²) in [6.45, 7) is 2.37. The van der Waals surface area contributed by atoms with Gasteiger partial charge in [-0.1, -0.05) is 23.2 Å². The number of aromatic nitrogens is 1. The van der Waals surface area contributed by atoms with Crippen LogP contribution >= 0.6 is 35.0 Å². The van der Waals surface area contributed by atoms with Crippen molar-refractivity contribution < 1.29 is 19.8 Å². The predicted octanol–water partition coefficient (Wildman–Crippen LogP) is 5.74. The van der Waals surface area contributed by atoms with Gasteiger partial charge in [0.1, 0.15) is 5.75 Å². The first-order chi connectivity index (χ1) is 17.8. The summed E-state index contributed by atoms with van der Waals surface area (Å²) >= 11 is 14.2. The van der Waals surface area contributed by atoms with Crippen LogP contribution in [0.25, 0.3) is 10.9 Å². The standard InChI is InChI=1S/C27H31Cl2N3O4S/c1-36-19-4-7-23-21(16-19)25(22(29)17-30-23)24(33)8-9-27(26(34)31-35)10-12-32(13-11-27)14-15-37-20-5-2-18(28)3-6-20/h2-7,16-17,24,33,35H,8-15H2,1H3,(H,31,34). The van der Waals surface area contributed by atoms with Gasteiger partial charge in [-0.15, -0.1) is 11.8 Å². The van der Waals surface area contributed by atoms with Gasteiger partial charge in [0.05, 0.1) is 29.2 Å². The molecule has 1 unspecified atom stereocenters. The number of rotatable bonds is 10. The summed E-state index contributed by atoms with van der Waals surface area (Å²) < 4.78 is 5.34. The van der Waals surface area contributed by atoms with Crippen molar-refractivity contribution in [2.24, 2.45) is 5.41 Å². The van der Waals surface area contributed by atoms with Crippen molar-refractivity contribution in [2.45, 2.75) is 36.7 Å². The largest absolute Gasteiger partial charge is 0.497 e. The summed E-state index contributed by atoms with van der Waals surface area (Å²) in [5, 5.41) is 22.5. The van der Waals surface area contributed by atoms with Crippen molar-refractivity contribution in [3.63, 3.8) is 0 Å². The number of aliphatic hydroxyl groups excluding tert-OH is 1. The molecule has 0 aliphatic carbocycles. The number of amides is 1. The average molecular weight is 565 g/mol. The minimum Gasteiger partial charge on any atom is -0.497 e. The molecule has 1 amide bonds. The number of carbonyl (C=O) groups excluding carboxylic acids is 1. The average Bonchev–Trinajstić information content (AvgIpc) is 2.92. The molecule has 0 bridgehead atoms. The number of ether oxygens (including phenoxy) is 1. The molecular formula is C27H31Cl2N3O4S. The summed E-state index contributed by atoms with van der Waals surface area (Å²) in [5.41, 5.74) is 2.38. The first-order valence-corrected chi connectivity index (χ1v) is 13.9. The predicted molar refractivity (Wildman–Crippen MR) is 148 cm³/mol. The Balaban J connectivity index is 1.39. The smallest absolute Gasteiger partial charge is 0.249 e. The Hall–Kier alpha value is -2.07. The summed E-state index contributed by atoms with van der Waals surface area (Å²) in [6.07, 6.45) is 2.55. The molecule has 1 aromatic heterocycles. The molecule has 1 aliphatic rings. The second kappa shape index (κ2) is 12.7. The molecule has 1 atom stereocenters. The molecule has 1 saturated heterocycles. The van der Waals surface area contributed by atoms with Gasteiger partial charge < -0.3 is 14.7 Å². The van der Waals surface area contributed by atoms with Gasteiger partial charge in [-0.3, -0.25) is 15.0 Å². The van der Waals surface area contributed by atoms with E-state index in [9.17, 15) is 15.1 Å². The fourth-order valence-electron chi connectivity index (χ4n) is 4.93. The molecule has 7 nitrogen and oxygen atoms in total. The van der Waals surface area contributed by atoms with E-state index in [4.69, 9.17) is 27.9 Å². The molecule has 10 heteroatoms. The zero-order chi connectivity index (χ0) is 26.4. The second-order valence-electron chi connectivity index (χ2n) is 9.32. The van der Waals surface area contributed by atoms with Crippen LogP contribution in [0.3, 0.4) is 0 Å². The van der Waals surface area contributed by atoms with E-state index in [0.717, 1.165) is 30.4 Å². The number of nitrogens with one attached hydrogen (secondary N) is 1. The van der Waals surface area contributed by atoms with Crippen molar-refractivity contribution in [3.05, 3.63) is 64.3 Å². The molecule has 3 aromatic rings. The van der Waals surface area contributed by atoms with Gasteiger partial charge in [0.2, 0.25) is 5.91 Å². The number of hydrogen-bond acceptors (Lipinski definition) is 7. The maximum atomic E-state index is 12.8. The lowest BCUT2D eigenvalue weighted by Crippen LogP contribution is -2.48. The van der Waals surface area contributed by atoms with Crippen molar-refractivity contribution in [2.75, 3.05) is 32.5 Å². The Morgan fingerprint density at radius 1 is 1.22 bits per heavy atom. The third-order valence-electron chi connectivity index (χ3n) is 7.18. The maximum Gasteiger partial charge on any atom is 0.249 e. The third-order valence-corrected chi connectivity index (χ3v) is 8.73. The van der Waals surface area contributed by atoms with Gasteiger partial charge >= 0.3 is 0 Å². The molecule has 0 radical (unpaired) electrons. The zero-order valence-corrected chi connectivity index (χ0v) is 23.0. The van der Waals surface area contributed by atoms with Crippen LogP contribution in [0.5, 0.6) is 5.75 Å². The summed E-state index contributed by atoms with van der Waals surface area (Å²) in [6, 6.07) is 13.2. The molecule has 2 heterocycles. The number of thioether (sulfide) groups is 1. The van der Waals surface area contributed by atoms with E-state index >= 15 is 0 Å². The normalized spacial score (nSPS) is 16.5. The maximum absolute atomic E-state index is 12.8. The number of hydrogen-bond donors (Lipinski definition) is 3. The topological polar surface area (TPSA) is 94.9 Å². The number of aliphatic hydroxyl groups is 1. The van der Waals surface area contributed by atoms with Crippen molar-refractivity contribution in [1.29, 1.82) is 0 Å². The molecule has 1 fully saturated rings. The highest BCUT2D eigenvalue weighted by molar-refractivity contribution is 7.99. The minimum atomic E-state index is -0.901. The van der Waals surface area contributed by atoms with E-state index in [0.29, 0.717) is 52.9 Å². The molecule has 3 N–H and O–H groups in total. The van der Waals surface area contributed by atoms with Crippen molar-refractivity contribution in [3.8, 4) is 5.75 Å². The number of halogens is 2. The lowest BCUT2D eigenvalue weighted by atomic mass is 9.73. The van der Waals surface area contributed by atoms with Crippen LogP contribution in [0.15, 0.2) is 53.6 Å². The SMILES string of the molecule is COc1ccc2ncc(Cl)c(C(O)CCC3(C(=O)NO)CCN(CCSc4ccc(Cl)cc4)CC3)c2c1. The Morgan fingerprint density at radius 3 is 2.62 bits per heavy atom. The molecular weight excluding hydrogens is 533 g/mol. The quantitative estimate of drug-likeness (QED) is 0.164. The molecule has 0 spiro atoms. The molecule has 2 aromatic carbocycles. The number of methoxy groups -OCH3 is 1. The monoisotopic (exact) mass is 563 g/mol. The zero-order valence-electron chi connectivity index (χ0n) is 20.6. The molecule has 4 rings (SSSR count). The lowest BCUT2D eigenvalue weighted by Gasteiger charge is -2.40. The van der Waals surface area contributed by atoms with Gasteiger partial charge in [0.25, 0.3) is 0 Å². The van der Waals surface area contributed by atoms with Crippen molar-refractivity contribution in [1.82, 2.24) is 15.4 Å². The van der Waals surface area contributed by atoms with E-state index in [2.05, 4.69) is 9.88 Å². The highest BCUT2D eigenvalue weighted by atomic mass is 35.5. The number of nitrogens with zero attached hydrogens (tertiary/aromatic N) is 2. The van der Waals surface area contributed by atoms with Crippen LogP contribution in [0, 0.1) is 5.41 Å². The molecule has 198 valence electrons. The number of hydroxylamine groups is 1. The number of piperidine rings is 1. The van der Waals surface area contributed by atoms with Crippen LogP contribution in [0.2, 0.25) is 10.0 Å². The third kappa shape index (κ3) is 6.69. The number of pyridine rings is 1. The van der Waals surface area contributed by atoms with E-state index in [1.54, 1.807) is 18.9 Å². The number of carbonyl (C=O) groups is 1. The van der Waals surface area contributed by atoms with Gasteiger partial charge in [-0.2, -0.15) is 0 Å². The molecule has 1 aliphatic heterocycles. The van der Waals surface area contributed by atoms with Crippen molar-refractivity contribution >= 4 is 51.8 Å². The van der Waals surface area contributed by atoms with Gasteiger partial charge in [-0.05, 0) is 81.2 Å². The minimum absolute atomic E-state index is 0.315. The Labute approximate surface area is 231 Å². The van der Waals surface area contributed by atoms with Crippen LogP contribution < -0.4 is 10.2 Å². The summed E-state index contributed by atoms with van der Waals surface area (Å²) in [5.74, 6) is 1.17. The number of benzene rings is 2. The first kappa shape index (κ1) is 28.0. The van der Waals surface area contributed by atoms with Gasteiger partial charge in [-0.25, -0.2) is 5.48 Å².